The zero-order valence-corrected chi connectivity index (χ0v) is 13.6. The van der Waals surface area contributed by atoms with Crippen LogP contribution in [0.4, 0.5) is 4.79 Å². The normalized spacial score (nSPS) is 22.3. The molecule has 1 amide bonds. The molecule has 0 aliphatic carbocycles. The molecule has 0 radical (unpaired) electrons. The summed E-state index contributed by atoms with van der Waals surface area (Å²) in [4.78, 5) is 18.7. The van der Waals surface area contributed by atoms with E-state index in [0.717, 1.165) is 65.6 Å². The molecule has 122 valence electrons. The number of carbonyl (C=O) groups is 1. The summed E-state index contributed by atoms with van der Waals surface area (Å²) in [6, 6.07) is 0. The van der Waals surface area contributed by atoms with E-state index in [1.807, 2.05) is 25.7 Å². The van der Waals surface area contributed by atoms with Crippen LogP contribution in [0, 0.1) is 0 Å². The van der Waals surface area contributed by atoms with E-state index in [4.69, 9.17) is 9.47 Å². The topological polar surface area (TPSA) is 45.2 Å². The maximum Gasteiger partial charge on any atom is 0.410 e. The van der Waals surface area contributed by atoms with Crippen LogP contribution in [0.2, 0.25) is 0 Å². The van der Waals surface area contributed by atoms with E-state index < -0.39 is 5.60 Å². The van der Waals surface area contributed by atoms with Gasteiger partial charge in [0.05, 0.1) is 13.2 Å². The van der Waals surface area contributed by atoms with Crippen molar-refractivity contribution in [3.63, 3.8) is 0 Å². The molecule has 2 aliphatic rings. The highest BCUT2D eigenvalue weighted by atomic mass is 16.6. The van der Waals surface area contributed by atoms with E-state index in [1.54, 1.807) is 0 Å². The van der Waals surface area contributed by atoms with Crippen LogP contribution in [0.25, 0.3) is 0 Å². The molecular formula is C15H29N3O3. The van der Waals surface area contributed by atoms with Crippen LogP contribution in [0.15, 0.2) is 0 Å². The summed E-state index contributed by atoms with van der Waals surface area (Å²) in [6.07, 6.45) is -0.185. The summed E-state index contributed by atoms with van der Waals surface area (Å²) in [5.41, 5.74) is -0.412. The summed E-state index contributed by atoms with van der Waals surface area (Å²) in [5.74, 6) is 0. The lowest BCUT2D eigenvalue weighted by Gasteiger charge is -2.36. The van der Waals surface area contributed by atoms with E-state index in [2.05, 4.69) is 9.80 Å². The molecular weight excluding hydrogens is 270 g/mol. The second-order valence-electron chi connectivity index (χ2n) is 6.76. The number of nitrogens with zero attached hydrogens (tertiary/aromatic N) is 3. The van der Waals surface area contributed by atoms with Crippen molar-refractivity contribution in [3.05, 3.63) is 0 Å². The van der Waals surface area contributed by atoms with Crippen LogP contribution in [0.1, 0.15) is 20.8 Å². The van der Waals surface area contributed by atoms with Crippen molar-refractivity contribution in [1.29, 1.82) is 0 Å². The third kappa shape index (κ3) is 5.80. The monoisotopic (exact) mass is 299 g/mol. The van der Waals surface area contributed by atoms with Crippen LogP contribution in [-0.2, 0) is 9.47 Å². The molecule has 0 aromatic carbocycles. The molecule has 0 unspecified atom stereocenters. The fraction of sp³-hybridized carbons (Fsp3) is 0.933. The molecule has 2 heterocycles. The van der Waals surface area contributed by atoms with Gasteiger partial charge in [-0.3, -0.25) is 9.80 Å². The lowest BCUT2D eigenvalue weighted by molar-refractivity contribution is 0.0101. The average Bonchev–Trinajstić information content (AvgIpc) is 2.45. The molecule has 0 bridgehead atoms. The Kier molecular flexibility index (Phi) is 5.84. The van der Waals surface area contributed by atoms with Crippen molar-refractivity contribution in [2.45, 2.75) is 26.4 Å². The third-order valence-electron chi connectivity index (χ3n) is 3.86. The largest absolute Gasteiger partial charge is 0.444 e. The first kappa shape index (κ1) is 16.5. The first-order valence-electron chi connectivity index (χ1n) is 7.94. The van der Waals surface area contributed by atoms with Gasteiger partial charge in [0.15, 0.2) is 0 Å². The minimum absolute atomic E-state index is 0.185. The Balaban J connectivity index is 1.64. The van der Waals surface area contributed by atoms with Crippen LogP contribution in [-0.4, -0.2) is 92.0 Å². The molecule has 2 aliphatic heterocycles. The quantitative estimate of drug-likeness (QED) is 0.774. The van der Waals surface area contributed by atoms with Gasteiger partial charge in [0, 0.05) is 52.4 Å². The van der Waals surface area contributed by atoms with Gasteiger partial charge in [-0.15, -0.1) is 0 Å². The van der Waals surface area contributed by atoms with E-state index >= 15 is 0 Å². The zero-order chi connectivity index (χ0) is 15.3. The Bertz CT molecular complexity index is 330. The van der Waals surface area contributed by atoms with Crippen molar-refractivity contribution in [2.75, 3.05) is 65.6 Å². The molecule has 6 nitrogen and oxygen atoms in total. The van der Waals surface area contributed by atoms with Gasteiger partial charge >= 0.3 is 6.09 Å². The lowest BCUT2D eigenvalue weighted by atomic mass is 10.2. The third-order valence-corrected chi connectivity index (χ3v) is 3.86. The number of carbonyl (C=O) groups excluding carboxylic acids is 1. The van der Waals surface area contributed by atoms with Gasteiger partial charge in [-0.25, -0.2) is 4.79 Å². The van der Waals surface area contributed by atoms with E-state index in [-0.39, 0.29) is 6.09 Å². The molecule has 0 aromatic rings. The Hall–Kier alpha value is -0.850. The molecule has 0 N–H and O–H groups in total. The number of ether oxygens (including phenoxy) is 2. The molecule has 6 heteroatoms. The van der Waals surface area contributed by atoms with Gasteiger partial charge in [0.25, 0.3) is 0 Å². The number of morpholine rings is 1. The van der Waals surface area contributed by atoms with Crippen molar-refractivity contribution < 1.29 is 14.3 Å². The Morgan fingerprint density at radius 2 is 1.48 bits per heavy atom. The summed E-state index contributed by atoms with van der Waals surface area (Å²) in [5, 5.41) is 0. The number of hydrogen-bond acceptors (Lipinski definition) is 5. The Labute approximate surface area is 128 Å². The zero-order valence-electron chi connectivity index (χ0n) is 13.6. The fourth-order valence-electron chi connectivity index (χ4n) is 2.59. The number of rotatable bonds is 3. The molecule has 0 aromatic heterocycles. The molecule has 0 saturated carbocycles. The van der Waals surface area contributed by atoms with Crippen LogP contribution in [0.3, 0.4) is 0 Å². The van der Waals surface area contributed by atoms with Crippen molar-refractivity contribution in [2.24, 2.45) is 0 Å². The average molecular weight is 299 g/mol. The fourth-order valence-corrected chi connectivity index (χ4v) is 2.59. The van der Waals surface area contributed by atoms with Crippen molar-refractivity contribution in [3.8, 4) is 0 Å². The minimum Gasteiger partial charge on any atom is -0.444 e. The molecule has 2 saturated heterocycles. The van der Waals surface area contributed by atoms with Gasteiger partial charge in [-0.2, -0.15) is 0 Å². The standard InChI is InChI=1S/C15H29N3O3/c1-15(2,3)21-14(19)18-8-6-16(7-9-18)4-5-17-10-12-20-13-11-17/h4-13H2,1-3H3. The van der Waals surface area contributed by atoms with Gasteiger partial charge in [-0.1, -0.05) is 0 Å². The molecule has 2 fully saturated rings. The second kappa shape index (κ2) is 7.42. The highest BCUT2D eigenvalue weighted by molar-refractivity contribution is 5.68. The first-order chi connectivity index (χ1) is 9.94. The van der Waals surface area contributed by atoms with Crippen LogP contribution < -0.4 is 0 Å². The minimum atomic E-state index is -0.412. The molecule has 0 atom stereocenters. The van der Waals surface area contributed by atoms with Gasteiger partial charge in [-0.05, 0) is 20.8 Å². The van der Waals surface area contributed by atoms with Gasteiger partial charge in [0.2, 0.25) is 0 Å². The van der Waals surface area contributed by atoms with Gasteiger partial charge < -0.3 is 14.4 Å². The second-order valence-corrected chi connectivity index (χ2v) is 6.76. The predicted octanol–water partition coefficient (Wildman–Crippen LogP) is 0.871. The van der Waals surface area contributed by atoms with Crippen LogP contribution in [0.5, 0.6) is 0 Å². The summed E-state index contributed by atoms with van der Waals surface area (Å²) >= 11 is 0. The van der Waals surface area contributed by atoms with Crippen molar-refractivity contribution >= 4 is 6.09 Å². The van der Waals surface area contributed by atoms with Gasteiger partial charge in [0.1, 0.15) is 5.60 Å². The maximum absolute atomic E-state index is 12.0. The molecule has 0 spiro atoms. The smallest absolute Gasteiger partial charge is 0.410 e. The van der Waals surface area contributed by atoms with E-state index in [9.17, 15) is 4.79 Å². The molecule has 2 rings (SSSR count). The Morgan fingerprint density at radius 1 is 0.952 bits per heavy atom. The van der Waals surface area contributed by atoms with E-state index in [1.165, 1.54) is 0 Å². The Morgan fingerprint density at radius 3 is 2.00 bits per heavy atom. The van der Waals surface area contributed by atoms with Crippen LogP contribution >= 0.6 is 0 Å². The first-order valence-corrected chi connectivity index (χ1v) is 7.94. The number of hydrogen-bond donors (Lipinski definition) is 0. The predicted molar refractivity (Wildman–Crippen MR) is 81.5 cm³/mol. The van der Waals surface area contributed by atoms with E-state index in [0.29, 0.717) is 0 Å². The summed E-state index contributed by atoms with van der Waals surface area (Å²) in [6.45, 7) is 15.1. The number of piperazine rings is 1. The molecule has 21 heavy (non-hydrogen) atoms. The SMILES string of the molecule is CC(C)(C)OC(=O)N1CCN(CCN2CCOCC2)CC1. The highest BCUT2D eigenvalue weighted by Gasteiger charge is 2.25. The lowest BCUT2D eigenvalue weighted by Crippen LogP contribution is -2.51. The highest BCUT2D eigenvalue weighted by Crippen LogP contribution is 2.11. The maximum atomic E-state index is 12.0. The summed E-state index contributed by atoms with van der Waals surface area (Å²) in [7, 11) is 0. The summed E-state index contributed by atoms with van der Waals surface area (Å²) < 4.78 is 10.8. The van der Waals surface area contributed by atoms with Crippen molar-refractivity contribution in [1.82, 2.24) is 14.7 Å². The number of amides is 1.